The van der Waals surface area contributed by atoms with Gasteiger partial charge in [-0.25, -0.2) is 4.98 Å². The molecule has 4 aromatic rings. The van der Waals surface area contributed by atoms with Crippen LogP contribution >= 0.6 is 0 Å². The number of amides is 1. The van der Waals surface area contributed by atoms with E-state index in [9.17, 15) is 9.35 Å². The number of aromatic nitrogens is 2. The lowest BCUT2D eigenvalue weighted by atomic mass is 9.93. The molecule has 4 rings (SSSR count). The minimum absolute atomic E-state index is 0.159. The molecular weight excluding hydrogens is 472 g/mol. The van der Waals surface area contributed by atoms with Crippen LogP contribution in [0.1, 0.15) is 54.1 Å². The number of nitrogens with one attached hydrogen (secondary N) is 1. The number of benzene rings is 2. The van der Waals surface area contributed by atoms with E-state index in [1.165, 1.54) is 4.90 Å². The lowest BCUT2D eigenvalue weighted by Crippen LogP contribution is -2.42. The summed E-state index contributed by atoms with van der Waals surface area (Å²) in [6.45, 7) is 7.78. The van der Waals surface area contributed by atoms with Crippen LogP contribution in [-0.4, -0.2) is 44.3 Å². The van der Waals surface area contributed by atoms with Crippen molar-refractivity contribution in [2.75, 3.05) is 14.1 Å². The number of rotatable bonds is 7. The molecule has 0 saturated carbocycles. The molecule has 2 aromatic carbocycles. The molecule has 1 amide bonds. The van der Waals surface area contributed by atoms with Crippen LogP contribution in [0.15, 0.2) is 65.2 Å². The van der Waals surface area contributed by atoms with E-state index in [0.29, 0.717) is 17.7 Å². The van der Waals surface area contributed by atoms with Gasteiger partial charge in [0.05, 0.1) is 6.04 Å². The van der Waals surface area contributed by atoms with E-state index in [4.69, 9.17) is 9.51 Å². The van der Waals surface area contributed by atoms with Crippen LogP contribution in [0.25, 0.3) is 22.2 Å². The fourth-order valence-corrected chi connectivity index (χ4v) is 4.76. The molecule has 0 aliphatic heterocycles. The number of nitrogens with zero attached hydrogens (tertiary/aromatic N) is 3. The molecule has 2 aromatic heterocycles. The van der Waals surface area contributed by atoms with Crippen molar-refractivity contribution in [1.82, 2.24) is 19.8 Å². The van der Waals surface area contributed by atoms with Gasteiger partial charge in [-0.1, -0.05) is 47.6 Å². The molecule has 0 aliphatic rings. The molecule has 1 N–H and O–H groups in total. The molecule has 8 heteroatoms. The second-order valence-electron chi connectivity index (χ2n) is 10.0. The van der Waals surface area contributed by atoms with Crippen LogP contribution in [0.3, 0.4) is 0 Å². The first-order valence-electron chi connectivity index (χ1n) is 11.9. The van der Waals surface area contributed by atoms with Gasteiger partial charge in [-0.15, -0.1) is 4.72 Å². The Labute approximate surface area is 215 Å². The van der Waals surface area contributed by atoms with Gasteiger partial charge in [-0.3, -0.25) is 4.79 Å². The predicted molar refractivity (Wildman–Crippen MR) is 144 cm³/mol. The minimum atomic E-state index is -1.35. The number of pyridine rings is 1. The molecular formula is C28H32N4O3S. The van der Waals surface area contributed by atoms with Gasteiger partial charge in [0.1, 0.15) is 16.1 Å². The fourth-order valence-electron chi connectivity index (χ4n) is 3.94. The molecule has 0 spiro atoms. The summed E-state index contributed by atoms with van der Waals surface area (Å²) in [5.74, 6) is -0.159. The van der Waals surface area contributed by atoms with Crippen molar-refractivity contribution in [1.29, 1.82) is 0 Å². The molecule has 7 nitrogen and oxygen atoms in total. The summed E-state index contributed by atoms with van der Waals surface area (Å²) in [5, 5.41) is 5.28. The number of carbonyl (C=O) groups excluding carboxylic acids is 1. The van der Waals surface area contributed by atoms with Crippen LogP contribution in [0.5, 0.6) is 0 Å². The van der Waals surface area contributed by atoms with Gasteiger partial charge >= 0.3 is 0 Å². The summed E-state index contributed by atoms with van der Waals surface area (Å²) in [5.41, 5.74) is 5.37. The summed E-state index contributed by atoms with van der Waals surface area (Å²) < 4.78 is 21.7. The normalized spacial score (nSPS) is 13.5. The largest absolute Gasteiger partial charge is 0.598 e. The maximum absolute atomic E-state index is 13.3. The Hall–Kier alpha value is -3.20. The Morgan fingerprint density at radius 1 is 1.08 bits per heavy atom. The molecule has 0 aliphatic carbocycles. The zero-order valence-corrected chi connectivity index (χ0v) is 22.3. The number of hydrogen-bond acceptors (Lipinski definition) is 6. The second kappa shape index (κ2) is 10.4. The summed E-state index contributed by atoms with van der Waals surface area (Å²) >= 11 is -1.35. The molecule has 188 valence electrons. The average Bonchev–Trinajstić information content (AvgIpc) is 3.27. The zero-order valence-electron chi connectivity index (χ0n) is 21.5. The van der Waals surface area contributed by atoms with Crippen LogP contribution < -0.4 is 4.72 Å². The number of para-hydroxylation sites is 1. The fraction of sp³-hybridized carbons (Fsp3) is 0.321. The highest BCUT2D eigenvalue weighted by Crippen LogP contribution is 2.35. The van der Waals surface area contributed by atoms with E-state index < -0.39 is 16.1 Å². The van der Waals surface area contributed by atoms with Gasteiger partial charge in [0.2, 0.25) is 0 Å². The maximum Gasteiger partial charge on any atom is 0.271 e. The first kappa shape index (κ1) is 25.9. The van der Waals surface area contributed by atoms with Crippen molar-refractivity contribution in [3.05, 3.63) is 83.2 Å². The lowest BCUT2D eigenvalue weighted by molar-refractivity contribution is 0.0821. The second-order valence-corrected chi connectivity index (χ2v) is 12.0. The molecule has 0 bridgehead atoms. The van der Waals surface area contributed by atoms with Gasteiger partial charge < -0.3 is 14.0 Å². The molecule has 2 heterocycles. The molecule has 2 atom stereocenters. The van der Waals surface area contributed by atoms with Gasteiger partial charge in [0, 0.05) is 48.5 Å². The van der Waals surface area contributed by atoms with Gasteiger partial charge in [0.15, 0.2) is 5.58 Å². The van der Waals surface area contributed by atoms with E-state index in [1.807, 2.05) is 82.3 Å². The number of carbonyl (C=O) groups is 1. The third kappa shape index (κ3) is 5.46. The number of aryl methyl sites for hydroxylation is 1. The summed E-state index contributed by atoms with van der Waals surface area (Å²) in [7, 11) is 3.41. The zero-order chi connectivity index (χ0) is 26.0. The van der Waals surface area contributed by atoms with Crippen LogP contribution in [0.4, 0.5) is 0 Å². The first-order valence-corrected chi connectivity index (χ1v) is 13.0. The predicted octanol–water partition coefficient (Wildman–Crippen LogP) is 5.24. The van der Waals surface area contributed by atoms with Gasteiger partial charge in [-0.05, 0) is 57.0 Å². The lowest BCUT2D eigenvalue weighted by Gasteiger charge is -2.29. The van der Waals surface area contributed by atoms with Crippen molar-refractivity contribution in [2.24, 2.45) is 0 Å². The quantitative estimate of drug-likeness (QED) is 0.346. The molecule has 0 saturated heterocycles. The molecule has 1 unspecified atom stereocenters. The summed E-state index contributed by atoms with van der Waals surface area (Å²) in [6.07, 6.45) is 0.439. The topological polar surface area (TPSA) is 94.3 Å². The highest BCUT2D eigenvalue weighted by molar-refractivity contribution is 7.90. The summed E-state index contributed by atoms with van der Waals surface area (Å²) in [4.78, 5) is 18.8. The average molecular weight is 505 g/mol. The van der Waals surface area contributed by atoms with Gasteiger partial charge in [-0.2, -0.15) is 0 Å². The monoisotopic (exact) mass is 504 g/mol. The van der Waals surface area contributed by atoms with Crippen molar-refractivity contribution in [2.45, 2.75) is 44.9 Å². The van der Waals surface area contributed by atoms with Crippen LogP contribution in [0.2, 0.25) is 0 Å². The first-order chi connectivity index (χ1) is 17.1. The Balaban J connectivity index is 1.81. The summed E-state index contributed by atoms with van der Waals surface area (Å²) in [6, 6.07) is 19.0. The van der Waals surface area contributed by atoms with Crippen molar-refractivity contribution >= 4 is 28.2 Å². The van der Waals surface area contributed by atoms with Crippen molar-refractivity contribution in [3.63, 3.8) is 0 Å². The van der Waals surface area contributed by atoms with Crippen LogP contribution in [-0.2, 0) is 17.8 Å². The van der Waals surface area contributed by atoms with E-state index in [-0.39, 0.29) is 11.9 Å². The van der Waals surface area contributed by atoms with Crippen molar-refractivity contribution in [3.8, 4) is 11.3 Å². The Bertz CT molecular complexity index is 1380. The highest BCUT2D eigenvalue weighted by atomic mass is 32.2. The standard InChI is InChI=1S/C28H32N4O3S/c1-18-15-16-22(27(33)32(5)6)29-23(18)17-24(31-36(34)28(2,3)4)19-11-7-8-12-20(19)26-21-13-9-10-14-25(21)35-30-26/h7-16,24,31H,17H2,1-6H3/t24-,36?/m0/s1. The third-order valence-corrected chi connectivity index (χ3v) is 7.61. The Kier molecular flexibility index (Phi) is 7.49. The SMILES string of the molecule is Cc1ccc(C(=O)N(C)C)nc1C[C@H](N[S+]([O-])C(C)(C)C)c1ccccc1-c1noc2ccccc12. The Morgan fingerprint density at radius 3 is 2.50 bits per heavy atom. The van der Waals surface area contributed by atoms with E-state index in [1.54, 1.807) is 20.2 Å². The molecule has 36 heavy (non-hydrogen) atoms. The van der Waals surface area contributed by atoms with Crippen LogP contribution in [0, 0.1) is 6.92 Å². The molecule has 0 fully saturated rings. The molecule has 0 radical (unpaired) electrons. The van der Waals surface area contributed by atoms with E-state index in [0.717, 1.165) is 33.5 Å². The number of fused-ring (bicyclic) bond motifs is 1. The van der Waals surface area contributed by atoms with E-state index >= 15 is 0 Å². The minimum Gasteiger partial charge on any atom is -0.598 e. The van der Waals surface area contributed by atoms with Gasteiger partial charge in [0.25, 0.3) is 5.91 Å². The number of hydrogen-bond donors (Lipinski definition) is 1. The smallest absolute Gasteiger partial charge is 0.271 e. The highest BCUT2D eigenvalue weighted by Gasteiger charge is 2.32. The maximum atomic E-state index is 13.3. The van der Waals surface area contributed by atoms with Crippen molar-refractivity contribution < 1.29 is 13.9 Å². The Morgan fingerprint density at radius 2 is 1.78 bits per heavy atom. The third-order valence-electron chi connectivity index (χ3n) is 6.00. The van der Waals surface area contributed by atoms with E-state index in [2.05, 4.69) is 9.88 Å².